The molecule has 1 aromatic carbocycles. The summed E-state index contributed by atoms with van der Waals surface area (Å²) in [6.07, 6.45) is -0.540. The van der Waals surface area contributed by atoms with Crippen LogP contribution < -0.4 is 4.74 Å². The van der Waals surface area contributed by atoms with Crippen molar-refractivity contribution in [2.75, 3.05) is 0 Å². The molecule has 0 aliphatic rings. The summed E-state index contributed by atoms with van der Waals surface area (Å²) in [4.78, 5) is 9.51. The molecule has 1 rings (SSSR count). The third-order valence-corrected chi connectivity index (χ3v) is 3.80. The summed E-state index contributed by atoms with van der Waals surface area (Å²) in [6, 6.07) is 3.82. The molecule has 1 aromatic rings. The molecule has 0 N–H and O–H groups in total. The predicted octanol–water partition coefficient (Wildman–Crippen LogP) is 2.51. The summed E-state index contributed by atoms with van der Waals surface area (Å²) in [6.45, 7) is 3.13. The van der Waals surface area contributed by atoms with Crippen LogP contribution in [0.1, 0.15) is 18.9 Å². The second kappa shape index (κ2) is 6.07. The molecule has 0 heterocycles. The van der Waals surface area contributed by atoms with Crippen molar-refractivity contribution in [3.05, 3.63) is 27.8 Å². The van der Waals surface area contributed by atoms with Crippen molar-refractivity contribution in [2.24, 2.45) is 0 Å². The van der Waals surface area contributed by atoms with Crippen molar-refractivity contribution in [3.8, 4) is 11.8 Å². The summed E-state index contributed by atoms with van der Waals surface area (Å²) in [5.41, 5.74) is -0.203. The summed E-state index contributed by atoms with van der Waals surface area (Å²) in [7, 11) is 1.03. The van der Waals surface area contributed by atoms with Gasteiger partial charge in [-0.15, -0.1) is 0 Å². The lowest BCUT2D eigenvalue weighted by atomic mass is 10.2. The number of nitro benzene ring substituents is 1. The molecule has 0 bridgehead atoms. The first-order valence-electron chi connectivity index (χ1n) is 5.50. The van der Waals surface area contributed by atoms with Gasteiger partial charge in [0.2, 0.25) is 0 Å². The van der Waals surface area contributed by atoms with Gasteiger partial charge in [0.1, 0.15) is 16.7 Å². The fourth-order valence-electron chi connectivity index (χ4n) is 1.50. The molecule has 7 nitrogen and oxygen atoms in total. The Labute approximate surface area is 120 Å². The Balaban J connectivity index is 3.51. The molecule has 0 aliphatic heterocycles. The van der Waals surface area contributed by atoms with E-state index in [1.165, 1.54) is 6.92 Å². The van der Waals surface area contributed by atoms with Gasteiger partial charge in [-0.3, -0.25) is 10.1 Å². The van der Waals surface area contributed by atoms with Crippen LogP contribution in [-0.4, -0.2) is 19.4 Å². The number of non-ortho nitro benzene ring substituents is 1. The summed E-state index contributed by atoms with van der Waals surface area (Å²) in [5.74, 6) is -0.140. The zero-order valence-electron chi connectivity index (χ0n) is 10.7. The molecule has 0 fully saturated rings. The number of aryl methyl sites for hydroxylation is 1. The molecule has 20 heavy (non-hydrogen) atoms. The van der Waals surface area contributed by atoms with Gasteiger partial charge in [0.15, 0.2) is 6.10 Å². The minimum atomic E-state index is -4.24. The molecule has 0 amide bonds. The number of benzene rings is 1. The predicted molar refractivity (Wildman–Crippen MR) is 71.2 cm³/mol. The Kier molecular flexibility index (Phi) is 4.92. The van der Waals surface area contributed by atoms with Gasteiger partial charge in [-0.1, -0.05) is 6.92 Å². The molecule has 1 unspecified atom stereocenters. The van der Waals surface area contributed by atoms with E-state index >= 15 is 0 Å². The third kappa shape index (κ3) is 3.59. The highest BCUT2D eigenvalue weighted by atomic mass is 35.7. The van der Waals surface area contributed by atoms with Gasteiger partial charge < -0.3 is 4.74 Å². The number of ether oxygens (including phenoxy) is 1. The van der Waals surface area contributed by atoms with Gasteiger partial charge in [-0.25, -0.2) is 8.42 Å². The van der Waals surface area contributed by atoms with E-state index in [0.29, 0.717) is 6.42 Å². The molecule has 0 saturated carbocycles. The monoisotopic (exact) mass is 318 g/mol. The molecule has 108 valence electrons. The van der Waals surface area contributed by atoms with Gasteiger partial charge in [-0.05, 0) is 18.9 Å². The molecule has 0 aliphatic carbocycles. The number of hydrogen-bond acceptors (Lipinski definition) is 6. The number of hydrogen-bond donors (Lipinski definition) is 0. The van der Waals surface area contributed by atoms with Crippen molar-refractivity contribution in [1.82, 2.24) is 0 Å². The van der Waals surface area contributed by atoms with E-state index in [9.17, 15) is 18.5 Å². The second-order valence-electron chi connectivity index (χ2n) is 3.93. The van der Waals surface area contributed by atoms with Crippen molar-refractivity contribution >= 4 is 25.4 Å². The van der Waals surface area contributed by atoms with Gasteiger partial charge in [0, 0.05) is 22.8 Å². The van der Waals surface area contributed by atoms with Crippen LogP contribution in [0.5, 0.6) is 5.75 Å². The molecular formula is C11H11ClN2O5S. The Morgan fingerprint density at radius 1 is 1.55 bits per heavy atom. The molecule has 0 saturated heterocycles. The standard InChI is InChI=1S/C11H11ClN2O5S/c1-3-9(6-13)19-11-7(2)4-8(14(15)16)5-10(11)20(12,17)18/h4-5,9H,3H2,1-2H3. The van der Waals surface area contributed by atoms with Gasteiger partial charge in [-0.2, -0.15) is 5.26 Å². The van der Waals surface area contributed by atoms with Crippen molar-refractivity contribution in [2.45, 2.75) is 31.3 Å². The second-order valence-corrected chi connectivity index (χ2v) is 6.46. The minimum Gasteiger partial charge on any atom is -0.474 e. The fraction of sp³-hybridized carbons (Fsp3) is 0.364. The molecule has 0 aromatic heterocycles. The molecular weight excluding hydrogens is 308 g/mol. The maximum absolute atomic E-state index is 11.5. The topological polar surface area (TPSA) is 110 Å². The Morgan fingerprint density at radius 2 is 2.15 bits per heavy atom. The SMILES string of the molecule is CCC(C#N)Oc1c(C)cc([N+](=O)[O-])cc1S(=O)(=O)Cl. The highest BCUT2D eigenvalue weighted by Gasteiger charge is 2.25. The molecule has 0 spiro atoms. The van der Waals surface area contributed by atoms with Gasteiger partial charge in [0.25, 0.3) is 14.7 Å². The summed E-state index contributed by atoms with van der Waals surface area (Å²) in [5, 5.41) is 19.6. The molecule has 0 radical (unpaired) electrons. The van der Waals surface area contributed by atoms with E-state index < -0.39 is 30.7 Å². The highest BCUT2D eigenvalue weighted by Crippen LogP contribution is 2.35. The zero-order valence-corrected chi connectivity index (χ0v) is 12.2. The fourth-order valence-corrected chi connectivity index (χ4v) is 2.54. The van der Waals surface area contributed by atoms with Crippen LogP contribution in [-0.2, 0) is 9.05 Å². The number of nitriles is 1. The highest BCUT2D eigenvalue weighted by molar-refractivity contribution is 8.13. The Bertz CT molecular complexity index is 681. The number of nitrogens with zero attached hydrogens (tertiary/aromatic N) is 2. The van der Waals surface area contributed by atoms with Crippen LogP contribution in [0, 0.1) is 28.4 Å². The van der Waals surface area contributed by atoms with Crippen LogP contribution in [0.4, 0.5) is 5.69 Å². The molecule has 9 heteroatoms. The third-order valence-electron chi connectivity index (χ3n) is 2.47. The van der Waals surface area contributed by atoms with Crippen LogP contribution in [0.2, 0.25) is 0 Å². The van der Waals surface area contributed by atoms with Crippen LogP contribution in [0.3, 0.4) is 0 Å². The van der Waals surface area contributed by atoms with Gasteiger partial charge >= 0.3 is 0 Å². The summed E-state index contributed by atoms with van der Waals surface area (Å²) < 4.78 is 28.3. The Morgan fingerprint density at radius 3 is 2.55 bits per heavy atom. The first kappa shape index (κ1) is 16.2. The average molecular weight is 319 g/mol. The van der Waals surface area contributed by atoms with Gasteiger partial charge in [0.05, 0.1) is 4.92 Å². The quantitative estimate of drug-likeness (QED) is 0.468. The number of halogens is 1. The summed E-state index contributed by atoms with van der Waals surface area (Å²) >= 11 is 0. The van der Waals surface area contributed by atoms with E-state index in [-0.39, 0.29) is 11.3 Å². The first-order valence-corrected chi connectivity index (χ1v) is 7.81. The normalized spacial score (nSPS) is 12.5. The smallest absolute Gasteiger partial charge is 0.271 e. The maximum Gasteiger partial charge on any atom is 0.271 e. The van der Waals surface area contributed by atoms with Crippen LogP contribution in [0.15, 0.2) is 17.0 Å². The average Bonchev–Trinajstić information content (AvgIpc) is 2.35. The van der Waals surface area contributed by atoms with Crippen molar-refractivity contribution in [1.29, 1.82) is 5.26 Å². The largest absolute Gasteiger partial charge is 0.474 e. The first-order chi connectivity index (χ1) is 9.20. The van der Waals surface area contributed by atoms with Crippen LogP contribution >= 0.6 is 10.7 Å². The van der Waals surface area contributed by atoms with E-state index in [2.05, 4.69) is 0 Å². The van der Waals surface area contributed by atoms with Crippen LogP contribution in [0.25, 0.3) is 0 Å². The van der Waals surface area contributed by atoms with Crippen molar-refractivity contribution in [3.63, 3.8) is 0 Å². The molecule has 1 atom stereocenters. The van der Waals surface area contributed by atoms with E-state index in [0.717, 1.165) is 12.1 Å². The number of nitro groups is 1. The lowest BCUT2D eigenvalue weighted by Gasteiger charge is -2.15. The lowest BCUT2D eigenvalue weighted by Crippen LogP contribution is -2.15. The lowest BCUT2D eigenvalue weighted by molar-refractivity contribution is -0.385. The Hall–Kier alpha value is -1.85. The van der Waals surface area contributed by atoms with Crippen molar-refractivity contribution < 1.29 is 18.1 Å². The number of rotatable bonds is 5. The zero-order chi connectivity index (χ0) is 15.5. The van der Waals surface area contributed by atoms with E-state index in [1.807, 2.05) is 6.07 Å². The van der Waals surface area contributed by atoms with E-state index in [1.54, 1.807) is 6.92 Å². The van der Waals surface area contributed by atoms with E-state index in [4.69, 9.17) is 20.7 Å². The minimum absolute atomic E-state index is 0.140. The maximum atomic E-state index is 11.5.